The molecule has 0 unspecified atom stereocenters. The van der Waals surface area contributed by atoms with Crippen molar-refractivity contribution in [1.82, 2.24) is 19.5 Å². The average Bonchev–Trinajstić information content (AvgIpc) is 3.02. The van der Waals surface area contributed by atoms with Crippen molar-refractivity contribution in [3.8, 4) is 0 Å². The Kier molecular flexibility index (Phi) is 3.97. The fraction of sp³-hybridized carbons (Fsp3) is 0.235. The van der Waals surface area contributed by atoms with E-state index in [0.717, 1.165) is 11.1 Å². The minimum absolute atomic E-state index is 0.0900. The fourth-order valence-corrected chi connectivity index (χ4v) is 2.54. The van der Waals surface area contributed by atoms with E-state index in [2.05, 4.69) is 10.4 Å². The van der Waals surface area contributed by atoms with Gasteiger partial charge in [0.1, 0.15) is 17.9 Å². The fourth-order valence-electron chi connectivity index (χ4n) is 2.54. The number of aryl methyl sites for hydroxylation is 2. The number of amides is 1. The Morgan fingerprint density at radius 2 is 1.96 bits per heavy atom. The number of rotatable bonds is 4. The highest BCUT2D eigenvalue weighted by molar-refractivity contribution is 5.75. The van der Waals surface area contributed by atoms with Crippen molar-refractivity contribution in [1.29, 1.82) is 0 Å². The van der Waals surface area contributed by atoms with Gasteiger partial charge in [-0.05, 0) is 37.1 Å². The van der Waals surface area contributed by atoms with E-state index >= 15 is 0 Å². The van der Waals surface area contributed by atoms with E-state index in [1.165, 1.54) is 4.68 Å². The van der Waals surface area contributed by atoms with Crippen molar-refractivity contribution < 1.29 is 4.79 Å². The standard InChI is InChI=1S/C17H18N4O2/c1-12-6-3-4-7-14(12)10-18-16(22)11-21-17(23)15-8-5-9-20(15)13(2)19-21/h3-9H,10-11H2,1-2H3,(H,18,22). The Bertz CT molecular complexity index is 924. The zero-order valence-corrected chi connectivity index (χ0v) is 13.1. The van der Waals surface area contributed by atoms with Gasteiger partial charge >= 0.3 is 0 Å². The topological polar surface area (TPSA) is 68.4 Å². The summed E-state index contributed by atoms with van der Waals surface area (Å²) in [7, 11) is 0. The maximum Gasteiger partial charge on any atom is 0.291 e. The first-order valence-electron chi connectivity index (χ1n) is 7.42. The highest BCUT2D eigenvalue weighted by atomic mass is 16.2. The third-order valence-corrected chi connectivity index (χ3v) is 3.85. The van der Waals surface area contributed by atoms with Gasteiger partial charge in [0.2, 0.25) is 5.91 Å². The van der Waals surface area contributed by atoms with Crippen LogP contribution in [0.25, 0.3) is 5.52 Å². The van der Waals surface area contributed by atoms with Gasteiger partial charge in [-0.3, -0.25) is 14.0 Å². The second-order valence-electron chi connectivity index (χ2n) is 5.48. The summed E-state index contributed by atoms with van der Waals surface area (Å²) in [6.07, 6.45) is 1.78. The zero-order chi connectivity index (χ0) is 16.4. The molecular weight excluding hydrogens is 292 g/mol. The third kappa shape index (κ3) is 3.01. The molecule has 0 aliphatic carbocycles. The minimum atomic E-state index is -0.272. The molecule has 0 fully saturated rings. The molecule has 0 radical (unpaired) electrons. The number of nitrogens with one attached hydrogen (secondary N) is 1. The molecule has 2 aromatic heterocycles. The van der Waals surface area contributed by atoms with Crippen molar-refractivity contribution >= 4 is 11.4 Å². The number of aromatic nitrogens is 3. The van der Waals surface area contributed by atoms with Gasteiger partial charge in [-0.15, -0.1) is 0 Å². The molecular formula is C17H18N4O2. The number of nitrogens with zero attached hydrogens (tertiary/aromatic N) is 3. The molecule has 0 saturated heterocycles. The number of fused-ring (bicyclic) bond motifs is 1. The number of carbonyl (C=O) groups is 1. The van der Waals surface area contributed by atoms with Crippen LogP contribution in [0.1, 0.15) is 17.0 Å². The van der Waals surface area contributed by atoms with Crippen LogP contribution in [0.5, 0.6) is 0 Å². The highest BCUT2D eigenvalue weighted by Gasteiger charge is 2.10. The largest absolute Gasteiger partial charge is 0.350 e. The molecule has 3 rings (SSSR count). The first-order chi connectivity index (χ1) is 11.1. The number of hydrogen-bond acceptors (Lipinski definition) is 3. The lowest BCUT2D eigenvalue weighted by molar-refractivity contribution is -0.122. The monoisotopic (exact) mass is 310 g/mol. The second-order valence-corrected chi connectivity index (χ2v) is 5.48. The summed E-state index contributed by atoms with van der Waals surface area (Å²) in [6, 6.07) is 11.4. The van der Waals surface area contributed by atoms with E-state index < -0.39 is 0 Å². The number of benzene rings is 1. The number of carbonyl (C=O) groups excluding carboxylic acids is 1. The van der Waals surface area contributed by atoms with Crippen molar-refractivity contribution in [3.63, 3.8) is 0 Å². The van der Waals surface area contributed by atoms with Gasteiger partial charge in [-0.1, -0.05) is 24.3 Å². The molecule has 0 bridgehead atoms. The molecule has 3 aromatic rings. The van der Waals surface area contributed by atoms with Gasteiger partial charge in [0.25, 0.3) is 5.56 Å². The molecule has 1 N–H and O–H groups in total. The molecule has 0 aliphatic rings. The summed E-state index contributed by atoms with van der Waals surface area (Å²) < 4.78 is 2.92. The molecule has 118 valence electrons. The van der Waals surface area contributed by atoms with Gasteiger partial charge in [-0.2, -0.15) is 5.10 Å². The molecule has 0 spiro atoms. The lowest BCUT2D eigenvalue weighted by atomic mass is 10.1. The summed E-state index contributed by atoms with van der Waals surface area (Å²) in [6.45, 7) is 4.14. The van der Waals surface area contributed by atoms with Crippen LogP contribution in [-0.2, 0) is 17.9 Å². The van der Waals surface area contributed by atoms with Gasteiger partial charge in [0.05, 0.1) is 0 Å². The molecule has 23 heavy (non-hydrogen) atoms. The van der Waals surface area contributed by atoms with E-state index in [9.17, 15) is 9.59 Å². The summed E-state index contributed by atoms with van der Waals surface area (Å²) in [4.78, 5) is 24.4. The molecule has 2 heterocycles. The Hall–Kier alpha value is -2.89. The normalized spacial score (nSPS) is 10.9. The van der Waals surface area contributed by atoms with E-state index in [1.54, 1.807) is 29.7 Å². The Balaban J connectivity index is 1.74. The quantitative estimate of drug-likeness (QED) is 0.792. The van der Waals surface area contributed by atoms with Crippen molar-refractivity contribution in [2.45, 2.75) is 26.9 Å². The summed E-state index contributed by atoms with van der Waals surface area (Å²) >= 11 is 0. The summed E-state index contributed by atoms with van der Waals surface area (Å²) in [5.74, 6) is 0.425. The highest BCUT2D eigenvalue weighted by Crippen LogP contribution is 2.06. The molecule has 0 saturated carbocycles. The molecule has 0 aliphatic heterocycles. The van der Waals surface area contributed by atoms with Crippen LogP contribution in [0.4, 0.5) is 0 Å². The predicted molar refractivity (Wildman–Crippen MR) is 87.2 cm³/mol. The second kappa shape index (κ2) is 6.08. The van der Waals surface area contributed by atoms with Crippen molar-refractivity contribution in [3.05, 3.63) is 69.9 Å². The first kappa shape index (κ1) is 15.0. The molecule has 1 amide bonds. The molecule has 0 atom stereocenters. The van der Waals surface area contributed by atoms with Crippen LogP contribution >= 0.6 is 0 Å². The molecule has 6 heteroatoms. The lowest BCUT2D eigenvalue weighted by Gasteiger charge is -2.10. The van der Waals surface area contributed by atoms with Gasteiger partial charge in [0.15, 0.2) is 0 Å². The zero-order valence-electron chi connectivity index (χ0n) is 13.1. The van der Waals surface area contributed by atoms with Crippen molar-refractivity contribution in [2.75, 3.05) is 0 Å². The third-order valence-electron chi connectivity index (χ3n) is 3.85. The first-order valence-corrected chi connectivity index (χ1v) is 7.42. The van der Waals surface area contributed by atoms with E-state index in [4.69, 9.17) is 0 Å². The SMILES string of the molecule is Cc1ccccc1CNC(=O)Cn1nc(C)n2cccc2c1=O. The van der Waals surface area contributed by atoms with Crippen LogP contribution in [0.3, 0.4) is 0 Å². The Morgan fingerprint density at radius 3 is 2.74 bits per heavy atom. The average molecular weight is 310 g/mol. The van der Waals surface area contributed by atoms with E-state index in [1.807, 2.05) is 31.2 Å². The Morgan fingerprint density at radius 1 is 1.17 bits per heavy atom. The van der Waals surface area contributed by atoms with Gasteiger partial charge < -0.3 is 5.32 Å². The summed E-state index contributed by atoms with van der Waals surface area (Å²) in [5.41, 5.74) is 2.42. The predicted octanol–water partition coefficient (Wildman–Crippen LogP) is 1.43. The van der Waals surface area contributed by atoms with Crippen molar-refractivity contribution in [2.24, 2.45) is 0 Å². The summed E-state index contributed by atoms with van der Waals surface area (Å²) in [5, 5.41) is 7.02. The van der Waals surface area contributed by atoms with Crippen LogP contribution in [0.15, 0.2) is 47.4 Å². The lowest BCUT2D eigenvalue weighted by Crippen LogP contribution is -2.34. The van der Waals surface area contributed by atoms with Crippen LogP contribution in [0.2, 0.25) is 0 Å². The van der Waals surface area contributed by atoms with Crippen LogP contribution < -0.4 is 10.9 Å². The van der Waals surface area contributed by atoms with E-state index in [-0.39, 0.29) is 18.0 Å². The van der Waals surface area contributed by atoms with E-state index in [0.29, 0.717) is 17.9 Å². The Labute approximate surface area is 133 Å². The maximum absolute atomic E-state index is 12.3. The molecule has 1 aromatic carbocycles. The van der Waals surface area contributed by atoms with Crippen LogP contribution in [-0.4, -0.2) is 20.1 Å². The minimum Gasteiger partial charge on any atom is -0.350 e. The molecule has 6 nitrogen and oxygen atoms in total. The smallest absolute Gasteiger partial charge is 0.291 e. The maximum atomic E-state index is 12.3. The number of hydrogen-bond donors (Lipinski definition) is 1. The van der Waals surface area contributed by atoms with Crippen LogP contribution in [0, 0.1) is 13.8 Å². The van der Waals surface area contributed by atoms with Gasteiger partial charge in [0, 0.05) is 12.7 Å². The van der Waals surface area contributed by atoms with Gasteiger partial charge in [-0.25, -0.2) is 4.68 Å².